The average molecular weight is 396 g/mol. The minimum atomic E-state index is -0.302. The summed E-state index contributed by atoms with van der Waals surface area (Å²) in [6, 6.07) is 5.58. The van der Waals surface area contributed by atoms with Gasteiger partial charge >= 0.3 is 0 Å². The largest absolute Gasteiger partial charge is 0.493 e. The number of ketones is 1. The fraction of sp³-hybridized carbons (Fsp3) is 0.500. The van der Waals surface area contributed by atoms with Crippen molar-refractivity contribution in [3.8, 4) is 11.5 Å². The van der Waals surface area contributed by atoms with Crippen LogP contribution in [0.15, 0.2) is 35.8 Å². The van der Waals surface area contributed by atoms with Gasteiger partial charge in [0.25, 0.3) is 0 Å². The zero-order valence-electron chi connectivity index (χ0n) is 17.1. The van der Waals surface area contributed by atoms with Crippen LogP contribution in [0.1, 0.15) is 63.5 Å². The number of nitrogens with zero attached hydrogens (tertiary/aromatic N) is 3. The number of hydrogen-bond acceptors (Lipinski definition) is 6. The minimum Gasteiger partial charge on any atom is -0.493 e. The molecule has 1 aromatic carbocycles. The lowest BCUT2D eigenvalue weighted by Gasteiger charge is -2.32. The number of anilines is 1. The minimum absolute atomic E-state index is 0.167. The first kappa shape index (κ1) is 19.5. The maximum atomic E-state index is 12.8. The van der Waals surface area contributed by atoms with Crippen LogP contribution >= 0.6 is 0 Å². The summed E-state index contributed by atoms with van der Waals surface area (Å²) < 4.78 is 13.3. The monoisotopic (exact) mass is 396 g/mol. The van der Waals surface area contributed by atoms with Crippen molar-refractivity contribution in [2.45, 2.75) is 57.9 Å². The van der Waals surface area contributed by atoms with Crippen LogP contribution < -0.4 is 14.8 Å². The number of Topliss-reactive ketones (excluding diaryl/α,β-unsaturated/α-hetero) is 1. The van der Waals surface area contributed by atoms with E-state index in [0.29, 0.717) is 24.7 Å². The molecule has 2 aromatic rings. The fourth-order valence-electron chi connectivity index (χ4n) is 4.09. The zero-order valence-corrected chi connectivity index (χ0v) is 17.1. The number of carbonyl (C=O) groups is 1. The van der Waals surface area contributed by atoms with Gasteiger partial charge in [0, 0.05) is 17.7 Å². The van der Waals surface area contributed by atoms with E-state index in [2.05, 4.69) is 22.3 Å². The molecular formula is C22H28N4O3. The molecule has 1 aromatic heterocycles. The number of carbonyl (C=O) groups excluding carboxylic acids is 1. The molecule has 7 heteroatoms. The molecule has 4 rings (SSSR count). The summed E-state index contributed by atoms with van der Waals surface area (Å²) in [5, 5.41) is 7.67. The van der Waals surface area contributed by atoms with Crippen molar-refractivity contribution in [3.63, 3.8) is 0 Å². The van der Waals surface area contributed by atoms with Crippen LogP contribution in [0, 0.1) is 0 Å². The van der Waals surface area contributed by atoms with Crippen LogP contribution in [0.3, 0.4) is 0 Å². The first-order chi connectivity index (χ1) is 14.2. The summed E-state index contributed by atoms with van der Waals surface area (Å²) in [6.45, 7) is 2.87. The van der Waals surface area contributed by atoms with Gasteiger partial charge in [-0.05, 0) is 37.0 Å². The van der Waals surface area contributed by atoms with Gasteiger partial charge in [-0.1, -0.05) is 32.3 Å². The molecule has 1 N–H and O–H groups in total. The van der Waals surface area contributed by atoms with E-state index in [1.54, 1.807) is 11.8 Å². The molecule has 0 fully saturated rings. The standard InChI is InChI=1S/C22H28N4O3/c1-3-4-5-6-12-29-18-11-10-15(13-19(18)28-2)21-20-16(8-7-9-17(20)27)25-22-23-14-24-26(21)22/h10-11,13-14,21H,3-9,12H2,1-2H3,(H,23,24,25). The number of rotatable bonds is 8. The summed E-state index contributed by atoms with van der Waals surface area (Å²) in [4.78, 5) is 17.1. The predicted octanol–water partition coefficient (Wildman–Crippen LogP) is 4.27. The smallest absolute Gasteiger partial charge is 0.226 e. The Balaban J connectivity index is 1.63. The number of benzene rings is 1. The van der Waals surface area contributed by atoms with Gasteiger partial charge < -0.3 is 14.8 Å². The van der Waals surface area contributed by atoms with Crippen molar-refractivity contribution >= 4 is 11.7 Å². The molecule has 0 saturated heterocycles. The Morgan fingerprint density at radius 2 is 2.10 bits per heavy atom. The van der Waals surface area contributed by atoms with Gasteiger partial charge in [-0.15, -0.1) is 0 Å². The summed E-state index contributed by atoms with van der Waals surface area (Å²) in [6.07, 6.45) is 8.41. The number of allylic oxidation sites excluding steroid dienone is 2. The highest BCUT2D eigenvalue weighted by Gasteiger charge is 2.36. The Hall–Kier alpha value is -2.83. The Morgan fingerprint density at radius 3 is 2.93 bits per heavy atom. The van der Waals surface area contributed by atoms with Crippen LogP contribution in [0.4, 0.5) is 5.95 Å². The van der Waals surface area contributed by atoms with Crippen LogP contribution in [-0.4, -0.2) is 34.3 Å². The van der Waals surface area contributed by atoms with Crippen molar-refractivity contribution in [3.05, 3.63) is 41.4 Å². The number of unbranched alkanes of at least 4 members (excludes halogenated alkanes) is 3. The Morgan fingerprint density at radius 1 is 1.21 bits per heavy atom. The maximum absolute atomic E-state index is 12.8. The molecule has 1 aliphatic heterocycles. The third-order valence-electron chi connectivity index (χ3n) is 5.57. The van der Waals surface area contributed by atoms with E-state index in [9.17, 15) is 4.79 Å². The molecule has 7 nitrogen and oxygen atoms in total. The first-order valence-electron chi connectivity index (χ1n) is 10.5. The highest BCUT2D eigenvalue weighted by Crippen LogP contribution is 2.41. The number of nitrogens with one attached hydrogen (secondary N) is 1. The van der Waals surface area contributed by atoms with Gasteiger partial charge in [0.05, 0.1) is 13.7 Å². The molecular weight excluding hydrogens is 368 g/mol. The molecule has 1 unspecified atom stereocenters. The lowest BCUT2D eigenvalue weighted by atomic mass is 9.85. The van der Waals surface area contributed by atoms with E-state index in [1.807, 2.05) is 18.2 Å². The molecule has 0 saturated carbocycles. The Bertz CT molecular complexity index is 919. The van der Waals surface area contributed by atoms with Crippen molar-refractivity contribution in [1.29, 1.82) is 0 Å². The molecule has 2 aliphatic rings. The molecule has 2 heterocycles. The number of hydrogen-bond donors (Lipinski definition) is 1. The molecule has 0 bridgehead atoms. The van der Waals surface area contributed by atoms with Gasteiger partial charge in [-0.25, -0.2) is 4.68 Å². The van der Waals surface area contributed by atoms with Gasteiger partial charge in [0.2, 0.25) is 5.95 Å². The second-order valence-electron chi connectivity index (χ2n) is 7.54. The van der Waals surface area contributed by atoms with E-state index in [4.69, 9.17) is 9.47 Å². The van der Waals surface area contributed by atoms with Crippen molar-refractivity contribution in [1.82, 2.24) is 14.8 Å². The van der Waals surface area contributed by atoms with Gasteiger partial charge in [-0.2, -0.15) is 10.1 Å². The van der Waals surface area contributed by atoms with Crippen LogP contribution in [0.2, 0.25) is 0 Å². The molecule has 29 heavy (non-hydrogen) atoms. The molecule has 0 spiro atoms. The van der Waals surface area contributed by atoms with Crippen LogP contribution in [0.25, 0.3) is 0 Å². The highest BCUT2D eigenvalue weighted by atomic mass is 16.5. The maximum Gasteiger partial charge on any atom is 0.226 e. The lowest BCUT2D eigenvalue weighted by molar-refractivity contribution is -0.116. The van der Waals surface area contributed by atoms with E-state index in [0.717, 1.165) is 41.8 Å². The van der Waals surface area contributed by atoms with Crippen LogP contribution in [-0.2, 0) is 4.79 Å². The second kappa shape index (κ2) is 8.68. The number of fused-ring (bicyclic) bond motifs is 1. The van der Waals surface area contributed by atoms with E-state index < -0.39 is 0 Å². The quantitative estimate of drug-likeness (QED) is 0.672. The Kier molecular flexibility index (Phi) is 5.83. The lowest BCUT2D eigenvalue weighted by Crippen LogP contribution is -2.31. The van der Waals surface area contributed by atoms with E-state index >= 15 is 0 Å². The molecule has 1 atom stereocenters. The molecule has 0 radical (unpaired) electrons. The SMILES string of the molecule is CCCCCCOc1ccc(C2C3=C(CCCC3=O)Nc3ncnn32)cc1OC. The topological polar surface area (TPSA) is 78.3 Å². The average Bonchev–Trinajstić information content (AvgIpc) is 3.20. The first-order valence-corrected chi connectivity index (χ1v) is 10.5. The predicted molar refractivity (Wildman–Crippen MR) is 110 cm³/mol. The van der Waals surface area contributed by atoms with E-state index in [1.165, 1.54) is 25.6 Å². The Labute approximate surface area is 171 Å². The number of ether oxygens (including phenoxy) is 2. The third-order valence-corrected chi connectivity index (χ3v) is 5.57. The molecule has 154 valence electrons. The number of methoxy groups -OCH3 is 1. The van der Waals surface area contributed by atoms with Gasteiger partial charge in [0.1, 0.15) is 12.4 Å². The molecule has 1 aliphatic carbocycles. The summed E-state index contributed by atoms with van der Waals surface area (Å²) in [5.41, 5.74) is 2.68. The van der Waals surface area contributed by atoms with Crippen molar-refractivity contribution in [2.75, 3.05) is 19.0 Å². The number of aromatic nitrogens is 3. The third kappa shape index (κ3) is 3.86. The second-order valence-corrected chi connectivity index (χ2v) is 7.54. The van der Waals surface area contributed by atoms with Crippen LogP contribution in [0.5, 0.6) is 11.5 Å². The fourth-order valence-corrected chi connectivity index (χ4v) is 4.09. The van der Waals surface area contributed by atoms with Gasteiger partial charge in [0.15, 0.2) is 17.3 Å². The summed E-state index contributed by atoms with van der Waals surface area (Å²) in [5.74, 6) is 2.23. The summed E-state index contributed by atoms with van der Waals surface area (Å²) >= 11 is 0. The van der Waals surface area contributed by atoms with Crippen molar-refractivity contribution in [2.24, 2.45) is 0 Å². The van der Waals surface area contributed by atoms with Crippen molar-refractivity contribution < 1.29 is 14.3 Å². The van der Waals surface area contributed by atoms with E-state index in [-0.39, 0.29) is 11.8 Å². The summed E-state index contributed by atoms with van der Waals surface area (Å²) in [7, 11) is 1.64. The van der Waals surface area contributed by atoms with Gasteiger partial charge in [-0.3, -0.25) is 4.79 Å². The molecule has 0 amide bonds. The highest BCUT2D eigenvalue weighted by molar-refractivity contribution is 5.99. The normalized spacial score (nSPS) is 18.1. The zero-order chi connectivity index (χ0) is 20.2.